The van der Waals surface area contributed by atoms with Crippen molar-refractivity contribution in [2.45, 2.75) is 13.3 Å². The molecule has 3 aromatic rings. The van der Waals surface area contributed by atoms with Gasteiger partial charge in [0.1, 0.15) is 5.75 Å². The summed E-state index contributed by atoms with van der Waals surface area (Å²) in [4.78, 5) is 26.5. The SMILES string of the molecule is Cc1ccc(N(CCC#N)C(=O)COC(=O)c2ccc(-c3ccc(O)cc3)cc2)cc1. The molecule has 0 atom stereocenters. The first-order valence-electron chi connectivity index (χ1n) is 9.78. The Bertz CT molecular complexity index is 1080. The molecule has 3 rings (SSSR count). The number of hydrogen-bond acceptors (Lipinski definition) is 5. The average molecular weight is 414 g/mol. The Hall–Kier alpha value is -4.11. The number of anilines is 1. The highest BCUT2D eigenvalue weighted by molar-refractivity contribution is 5.97. The fraction of sp³-hybridized carbons (Fsp3) is 0.160. The van der Waals surface area contributed by atoms with E-state index in [2.05, 4.69) is 0 Å². The summed E-state index contributed by atoms with van der Waals surface area (Å²) in [6.07, 6.45) is 0.173. The number of hydrogen-bond donors (Lipinski definition) is 1. The summed E-state index contributed by atoms with van der Waals surface area (Å²) in [7, 11) is 0. The molecule has 156 valence electrons. The standard InChI is InChI=1S/C25H22N2O4/c1-18-3-11-22(12-4-18)27(16-2-15-26)24(29)17-31-25(30)21-7-5-19(6-8-21)20-9-13-23(28)14-10-20/h3-14,28H,2,16-17H2,1H3. The van der Waals surface area contributed by atoms with Crippen LogP contribution in [0, 0.1) is 18.3 Å². The normalized spacial score (nSPS) is 10.2. The van der Waals surface area contributed by atoms with Gasteiger partial charge in [-0.2, -0.15) is 5.26 Å². The van der Waals surface area contributed by atoms with Gasteiger partial charge in [-0.05, 0) is 54.4 Å². The molecule has 6 heteroatoms. The van der Waals surface area contributed by atoms with E-state index in [4.69, 9.17) is 10.00 Å². The Morgan fingerprint density at radius 2 is 1.52 bits per heavy atom. The van der Waals surface area contributed by atoms with E-state index in [0.717, 1.165) is 16.7 Å². The van der Waals surface area contributed by atoms with E-state index in [1.807, 2.05) is 25.1 Å². The van der Waals surface area contributed by atoms with Gasteiger partial charge in [0.25, 0.3) is 5.91 Å². The Balaban J connectivity index is 1.64. The smallest absolute Gasteiger partial charge is 0.338 e. The predicted octanol–water partition coefficient (Wildman–Crippen LogP) is 4.47. The van der Waals surface area contributed by atoms with Crippen LogP contribution in [0.25, 0.3) is 11.1 Å². The molecule has 1 amide bonds. The van der Waals surface area contributed by atoms with Crippen molar-refractivity contribution in [3.05, 3.63) is 83.9 Å². The van der Waals surface area contributed by atoms with Crippen LogP contribution in [0.1, 0.15) is 22.3 Å². The van der Waals surface area contributed by atoms with Crippen molar-refractivity contribution in [1.82, 2.24) is 0 Å². The van der Waals surface area contributed by atoms with Gasteiger partial charge < -0.3 is 14.7 Å². The molecule has 0 radical (unpaired) electrons. The lowest BCUT2D eigenvalue weighted by Gasteiger charge is -2.21. The molecule has 31 heavy (non-hydrogen) atoms. The number of esters is 1. The topological polar surface area (TPSA) is 90.6 Å². The quantitative estimate of drug-likeness (QED) is 0.576. The maximum absolute atomic E-state index is 12.7. The van der Waals surface area contributed by atoms with Crippen molar-refractivity contribution in [2.75, 3.05) is 18.1 Å². The fourth-order valence-electron chi connectivity index (χ4n) is 3.03. The second-order valence-electron chi connectivity index (χ2n) is 6.99. The number of aromatic hydroxyl groups is 1. The van der Waals surface area contributed by atoms with E-state index in [1.54, 1.807) is 60.7 Å². The summed E-state index contributed by atoms with van der Waals surface area (Å²) in [5, 5.41) is 18.3. The molecule has 0 aromatic heterocycles. The average Bonchev–Trinajstić information content (AvgIpc) is 2.79. The summed E-state index contributed by atoms with van der Waals surface area (Å²) in [6.45, 7) is 1.75. The molecule has 0 spiro atoms. The molecule has 0 aliphatic rings. The Kier molecular flexibility index (Phi) is 7.02. The summed E-state index contributed by atoms with van der Waals surface area (Å²) in [5.74, 6) is -0.814. The number of nitrogens with zero attached hydrogens (tertiary/aromatic N) is 2. The molecule has 0 bridgehead atoms. The van der Waals surface area contributed by atoms with Crippen molar-refractivity contribution in [3.8, 4) is 22.9 Å². The van der Waals surface area contributed by atoms with Crippen LogP contribution in [0.15, 0.2) is 72.8 Å². The molecule has 6 nitrogen and oxygen atoms in total. The Labute approximate surface area is 180 Å². The molecule has 0 unspecified atom stereocenters. The lowest BCUT2D eigenvalue weighted by atomic mass is 10.0. The molecule has 0 fully saturated rings. The Morgan fingerprint density at radius 1 is 0.935 bits per heavy atom. The number of carbonyl (C=O) groups excluding carboxylic acids is 2. The van der Waals surface area contributed by atoms with E-state index in [-0.39, 0.29) is 18.7 Å². The van der Waals surface area contributed by atoms with Gasteiger partial charge in [0, 0.05) is 12.2 Å². The van der Waals surface area contributed by atoms with E-state index in [0.29, 0.717) is 11.3 Å². The number of aryl methyl sites for hydroxylation is 1. The summed E-state index contributed by atoms with van der Waals surface area (Å²) in [5.41, 5.74) is 3.82. The van der Waals surface area contributed by atoms with Crippen molar-refractivity contribution in [3.63, 3.8) is 0 Å². The molecule has 0 saturated heterocycles. The van der Waals surface area contributed by atoms with Crippen molar-refractivity contribution < 1.29 is 19.4 Å². The lowest BCUT2D eigenvalue weighted by molar-refractivity contribution is -0.121. The van der Waals surface area contributed by atoms with Crippen molar-refractivity contribution >= 4 is 17.6 Å². The summed E-state index contributed by atoms with van der Waals surface area (Å²) < 4.78 is 5.21. The number of amides is 1. The lowest BCUT2D eigenvalue weighted by Crippen LogP contribution is -2.35. The largest absolute Gasteiger partial charge is 0.508 e. The number of phenols is 1. The molecule has 0 aliphatic heterocycles. The molecular weight excluding hydrogens is 392 g/mol. The van der Waals surface area contributed by atoms with Crippen molar-refractivity contribution in [1.29, 1.82) is 5.26 Å². The van der Waals surface area contributed by atoms with Gasteiger partial charge in [-0.15, -0.1) is 0 Å². The minimum atomic E-state index is -0.602. The Morgan fingerprint density at radius 3 is 2.10 bits per heavy atom. The highest BCUT2D eigenvalue weighted by Crippen LogP contribution is 2.22. The van der Waals surface area contributed by atoms with E-state index < -0.39 is 18.5 Å². The number of phenolic OH excluding ortho intramolecular Hbond substituents is 1. The minimum absolute atomic E-state index is 0.173. The van der Waals surface area contributed by atoms with Gasteiger partial charge in [0.05, 0.1) is 18.1 Å². The molecular formula is C25H22N2O4. The van der Waals surface area contributed by atoms with Gasteiger partial charge in [-0.1, -0.05) is 42.0 Å². The molecule has 0 aliphatic carbocycles. The fourth-order valence-corrected chi connectivity index (χ4v) is 3.03. The molecule has 0 heterocycles. The third-order valence-corrected chi connectivity index (χ3v) is 4.74. The van der Waals surface area contributed by atoms with Gasteiger partial charge >= 0.3 is 5.97 Å². The van der Waals surface area contributed by atoms with Gasteiger partial charge in [0.2, 0.25) is 0 Å². The molecule has 3 aromatic carbocycles. The molecule has 0 saturated carbocycles. The van der Waals surface area contributed by atoms with Crippen LogP contribution in [0.5, 0.6) is 5.75 Å². The second-order valence-corrected chi connectivity index (χ2v) is 6.99. The molecule has 1 N–H and O–H groups in total. The third kappa shape index (κ3) is 5.71. The van der Waals surface area contributed by atoms with Crippen LogP contribution < -0.4 is 4.90 Å². The first-order valence-corrected chi connectivity index (χ1v) is 9.78. The number of benzene rings is 3. The maximum atomic E-state index is 12.7. The maximum Gasteiger partial charge on any atom is 0.338 e. The van der Waals surface area contributed by atoms with Crippen LogP contribution in [0.3, 0.4) is 0 Å². The zero-order chi connectivity index (χ0) is 22.2. The summed E-state index contributed by atoms with van der Waals surface area (Å²) >= 11 is 0. The van der Waals surface area contributed by atoms with Crippen LogP contribution in [0.4, 0.5) is 5.69 Å². The second kappa shape index (κ2) is 10.1. The minimum Gasteiger partial charge on any atom is -0.508 e. The number of rotatable bonds is 7. The van der Waals surface area contributed by atoms with Gasteiger partial charge in [-0.25, -0.2) is 4.79 Å². The first-order chi connectivity index (χ1) is 15.0. The highest BCUT2D eigenvalue weighted by atomic mass is 16.5. The van der Waals surface area contributed by atoms with Crippen LogP contribution in [-0.4, -0.2) is 30.1 Å². The van der Waals surface area contributed by atoms with Crippen LogP contribution in [0.2, 0.25) is 0 Å². The number of carbonyl (C=O) groups is 2. The highest BCUT2D eigenvalue weighted by Gasteiger charge is 2.18. The van der Waals surface area contributed by atoms with Crippen LogP contribution in [-0.2, 0) is 9.53 Å². The summed E-state index contributed by atoms with van der Waals surface area (Å²) in [6, 6.07) is 22.9. The van der Waals surface area contributed by atoms with E-state index in [1.165, 1.54) is 4.90 Å². The number of nitriles is 1. The van der Waals surface area contributed by atoms with Crippen molar-refractivity contribution in [2.24, 2.45) is 0 Å². The predicted molar refractivity (Wildman–Crippen MR) is 118 cm³/mol. The van der Waals surface area contributed by atoms with Gasteiger partial charge in [-0.3, -0.25) is 4.79 Å². The number of ether oxygens (including phenoxy) is 1. The van der Waals surface area contributed by atoms with E-state index in [9.17, 15) is 14.7 Å². The zero-order valence-electron chi connectivity index (χ0n) is 17.1. The first kappa shape index (κ1) is 21.6. The van der Waals surface area contributed by atoms with E-state index >= 15 is 0 Å². The third-order valence-electron chi connectivity index (χ3n) is 4.74. The zero-order valence-corrected chi connectivity index (χ0v) is 17.1. The monoisotopic (exact) mass is 414 g/mol. The van der Waals surface area contributed by atoms with Crippen LogP contribution >= 0.6 is 0 Å². The van der Waals surface area contributed by atoms with Gasteiger partial charge in [0.15, 0.2) is 6.61 Å².